The van der Waals surface area contributed by atoms with Crippen molar-refractivity contribution in [3.63, 3.8) is 0 Å². The molecule has 0 amide bonds. The Kier molecular flexibility index (Phi) is 2.58. The number of nitrogens with two attached hydrogens (primary N) is 1. The summed E-state index contributed by atoms with van der Waals surface area (Å²) < 4.78 is 5.57. The van der Waals surface area contributed by atoms with Gasteiger partial charge in [0.05, 0.1) is 13.2 Å². The molecule has 76 valence electrons. The second kappa shape index (κ2) is 3.56. The van der Waals surface area contributed by atoms with Gasteiger partial charge in [0, 0.05) is 24.2 Å². The fourth-order valence-electron chi connectivity index (χ4n) is 2.83. The summed E-state index contributed by atoms with van der Waals surface area (Å²) in [6.07, 6.45) is 2.21. The van der Waals surface area contributed by atoms with E-state index in [9.17, 15) is 0 Å². The smallest absolute Gasteiger partial charge is 0.0623 e. The Morgan fingerprint density at radius 2 is 1.77 bits per heavy atom. The van der Waals surface area contributed by atoms with Crippen LogP contribution in [0.5, 0.6) is 0 Å². The summed E-state index contributed by atoms with van der Waals surface area (Å²) in [5.74, 6) is 0. The maximum absolute atomic E-state index is 6.01. The van der Waals surface area contributed by atoms with Gasteiger partial charge in [-0.15, -0.1) is 0 Å². The summed E-state index contributed by atoms with van der Waals surface area (Å²) in [5, 5.41) is 0. The van der Waals surface area contributed by atoms with Crippen LogP contribution in [0.3, 0.4) is 0 Å². The summed E-state index contributed by atoms with van der Waals surface area (Å²) in [6.45, 7) is 6.29. The zero-order chi connectivity index (χ0) is 9.42. The zero-order valence-electron chi connectivity index (χ0n) is 8.57. The zero-order valence-corrected chi connectivity index (χ0v) is 8.57. The Labute approximate surface area is 80.2 Å². The largest absolute Gasteiger partial charge is 0.378 e. The predicted octanol–water partition coefficient (Wildman–Crippen LogP) is 0.585. The first kappa shape index (κ1) is 9.44. The van der Waals surface area contributed by atoms with Crippen molar-refractivity contribution in [1.29, 1.82) is 0 Å². The molecule has 0 aromatic heterocycles. The van der Waals surface area contributed by atoms with Gasteiger partial charge in [-0.25, -0.2) is 0 Å². The van der Waals surface area contributed by atoms with Crippen molar-refractivity contribution < 1.29 is 4.74 Å². The third-order valence-corrected chi connectivity index (χ3v) is 3.21. The van der Waals surface area contributed by atoms with Gasteiger partial charge in [-0.1, -0.05) is 0 Å². The fourth-order valence-corrected chi connectivity index (χ4v) is 2.83. The molecule has 2 N–H and O–H groups in total. The summed E-state index contributed by atoms with van der Waals surface area (Å²) in [7, 11) is 0. The lowest BCUT2D eigenvalue weighted by atomic mass is 9.89. The number of rotatable bonds is 1. The van der Waals surface area contributed by atoms with E-state index >= 15 is 0 Å². The molecule has 0 aromatic carbocycles. The Hall–Kier alpha value is -0.120. The van der Waals surface area contributed by atoms with Crippen molar-refractivity contribution in [3.05, 3.63) is 0 Å². The van der Waals surface area contributed by atoms with Crippen LogP contribution in [0.25, 0.3) is 0 Å². The van der Waals surface area contributed by atoms with Crippen molar-refractivity contribution >= 4 is 0 Å². The molecule has 2 aliphatic heterocycles. The second-order valence-electron chi connectivity index (χ2n) is 4.62. The van der Waals surface area contributed by atoms with Crippen LogP contribution in [0.2, 0.25) is 0 Å². The monoisotopic (exact) mass is 184 g/mol. The number of morpholine rings is 1. The SMILES string of the molecule is CC(C)N1[C@@H]2COC[C@H]1C[C@H](N)C2. The number of hydrogen-bond donors (Lipinski definition) is 1. The van der Waals surface area contributed by atoms with Gasteiger partial charge in [0.1, 0.15) is 0 Å². The third kappa shape index (κ3) is 1.73. The Morgan fingerprint density at radius 3 is 2.23 bits per heavy atom. The average molecular weight is 184 g/mol. The van der Waals surface area contributed by atoms with Crippen LogP contribution in [0, 0.1) is 0 Å². The quantitative estimate of drug-likeness (QED) is 0.648. The number of piperidine rings is 1. The molecule has 0 radical (unpaired) electrons. The highest BCUT2D eigenvalue weighted by Gasteiger charge is 2.38. The maximum atomic E-state index is 6.01. The van der Waals surface area contributed by atoms with Gasteiger partial charge in [-0.05, 0) is 26.7 Å². The van der Waals surface area contributed by atoms with E-state index in [-0.39, 0.29) is 0 Å². The molecule has 2 fully saturated rings. The number of nitrogens with zero attached hydrogens (tertiary/aromatic N) is 1. The summed E-state index contributed by atoms with van der Waals surface area (Å²) in [5.41, 5.74) is 6.01. The van der Waals surface area contributed by atoms with Crippen LogP contribution in [0.15, 0.2) is 0 Å². The minimum atomic E-state index is 0.397. The van der Waals surface area contributed by atoms with E-state index in [1.165, 1.54) is 0 Å². The molecule has 0 spiro atoms. The summed E-state index contributed by atoms with van der Waals surface area (Å²) in [6, 6.07) is 2.17. The lowest BCUT2D eigenvalue weighted by molar-refractivity contribution is -0.0914. The molecule has 2 heterocycles. The first-order chi connectivity index (χ1) is 6.18. The van der Waals surface area contributed by atoms with E-state index in [1.54, 1.807) is 0 Å². The van der Waals surface area contributed by atoms with Crippen LogP contribution in [-0.4, -0.2) is 42.3 Å². The minimum absolute atomic E-state index is 0.397. The van der Waals surface area contributed by atoms with Gasteiger partial charge < -0.3 is 10.5 Å². The highest BCUT2D eigenvalue weighted by Crippen LogP contribution is 2.28. The number of fused-ring (bicyclic) bond motifs is 2. The summed E-state index contributed by atoms with van der Waals surface area (Å²) in [4.78, 5) is 2.59. The van der Waals surface area contributed by atoms with Gasteiger partial charge in [-0.2, -0.15) is 0 Å². The molecule has 2 bridgehead atoms. The maximum Gasteiger partial charge on any atom is 0.0623 e. The molecule has 13 heavy (non-hydrogen) atoms. The third-order valence-electron chi connectivity index (χ3n) is 3.21. The van der Waals surface area contributed by atoms with E-state index in [1.807, 2.05) is 0 Å². The van der Waals surface area contributed by atoms with Crippen LogP contribution < -0.4 is 5.73 Å². The lowest BCUT2D eigenvalue weighted by Gasteiger charge is -2.49. The molecule has 3 heteroatoms. The predicted molar refractivity (Wildman–Crippen MR) is 52.6 cm³/mol. The Bertz CT molecular complexity index is 170. The van der Waals surface area contributed by atoms with Crippen LogP contribution >= 0.6 is 0 Å². The van der Waals surface area contributed by atoms with Crippen LogP contribution in [0.4, 0.5) is 0 Å². The van der Waals surface area contributed by atoms with Gasteiger partial charge in [0.15, 0.2) is 0 Å². The molecular formula is C10H20N2O. The van der Waals surface area contributed by atoms with E-state index in [0.29, 0.717) is 24.2 Å². The van der Waals surface area contributed by atoms with Crippen molar-refractivity contribution in [2.45, 2.75) is 50.9 Å². The van der Waals surface area contributed by atoms with Crippen molar-refractivity contribution in [2.75, 3.05) is 13.2 Å². The second-order valence-corrected chi connectivity index (χ2v) is 4.62. The molecule has 2 aliphatic rings. The molecular weight excluding hydrogens is 164 g/mol. The highest BCUT2D eigenvalue weighted by molar-refractivity contribution is 4.94. The van der Waals surface area contributed by atoms with Gasteiger partial charge in [-0.3, -0.25) is 4.90 Å². The standard InChI is InChI=1S/C10H20N2O/c1-7(2)12-9-3-8(11)4-10(12)6-13-5-9/h7-10H,3-6,11H2,1-2H3/t8-,9+,10-. The molecule has 0 saturated carbocycles. The van der Waals surface area contributed by atoms with Gasteiger partial charge in [0.25, 0.3) is 0 Å². The fraction of sp³-hybridized carbons (Fsp3) is 1.00. The molecule has 0 aliphatic carbocycles. The van der Waals surface area contributed by atoms with E-state index < -0.39 is 0 Å². The number of ether oxygens (including phenoxy) is 1. The van der Waals surface area contributed by atoms with E-state index in [4.69, 9.17) is 10.5 Å². The van der Waals surface area contributed by atoms with Crippen molar-refractivity contribution in [1.82, 2.24) is 4.90 Å². The topological polar surface area (TPSA) is 38.5 Å². The number of hydrogen-bond acceptors (Lipinski definition) is 3. The highest BCUT2D eigenvalue weighted by atomic mass is 16.5. The van der Waals surface area contributed by atoms with Gasteiger partial charge >= 0.3 is 0 Å². The summed E-state index contributed by atoms with van der Waals surface area (Å²) >= 11 is 0. The molecule has 3 atom stereocenters. The first-order valence-corrected chi connectivity index (χ1v) is 5.29. The average Bonchev–Trinajstić information content (AvgIpc) is 2.01. The molecule has 0 aromatic rings. The first-order valence-electron chi connectivity index (χ1n) is 5.29. The Morgan fingerprint density at radius 1 is 1.23 bits per heavy atom. The Balaban J connectivity index is 2.10. The minimum Gasteiger partial charge on any atom is -0.378 e. The van der Waals surface area contributed by atoms with Crippen LogP contribution in [-0.2, 0) is 4.74 Å². The molecule has 3 nitrogen and oxygen atoms in total. The van der Waals surface area contributed by atoms with Gasteiger partial charge in [0.2, 0.25) is 0 Å². The van der Waals surface area contributed by atoms with Crippen LogP contribution in [0.1, 0.15) is 26.7 Å². The lowest BCUT2D eigenvalue weighted by Crippen LogP contribution is -2.61. The van der Waals surface area contributed by atoms with E-state index in [0.717, 1.165) is 26.1 Å². The van der Waals surface area contributed by atoms with E-state index in [2.05, 4.69) is 18.7 Å². The molecule has 0 unspecified atom stereocenters. The van der Waals surface area contributed by atoms with Crippen molar-refractivity contribution in [3.8, 4) is 0 Å². The van der Waals surface area contributed by atoms with Crippen molar-refractivity contribution in [2.24, 2.45) is 5.73 Å². The molecule has 2 rings (SSSR count). The molecule has 2 saturated heterocycles. The normalized spacial score (nSPS) is 41.1.